The lowest BCUT2D eigenvalue weighted by Crippen LogP contribution is -2.26. The first-order valence-electron chi connectivity index (χ1n) is 7.00. The number of rotatable bonds is 5. The number of ether oxygens (including phenoxy) is 1. The van der Waals surface area contributed by atoms with Gasteiger partial charge in [0.1, 0.15) is 5.75 Å². The normalized spacial score (nSPS) is 11.8. The molecule has 0 aliphatic carbocycles. The van der Waals surface area contributed by atoms with Crippen LogP contribution in [0.3, 0.4) is 0 Å². The number of halogens is 2. The van der Waals surface area contributed by atoms with E-state index < -0.39 is 0 Å². The number of carbonyl (C=O) groups is 1. The van der Waals surface area contributed by atoms with Crippen molar-refractivity contribution in [3.05, 3.63) is 63.1 Å². The van der Waals surface area contributed by atoms with Crippen LogP contribution in [0.25, 0.3) is 0 Å². The Morgan fingerprint density at radius 3 is 2.77 bits per heavy atom. The SMILES string of the molecule is CCOc1cccc(C(C)NC(=O)c2ccc(Br)cc2Cl)c1. The lowest BCUT2D eigenvalue weighted by atomic mass is 10.1. The summed E-state index contributed by atoms with van der Waals surface area (Å²) in [5, 5.41) is 3.37. The van der Waals surface area contributed by atoms with E-state index in [-0.39, 0.29) is 11.9 Å². The molecule has 3 nitrogen and oxygen atoms in total. The monoisotopic (exact) mass is 381 g/mol. The van der Waals surface area contributed by atoms with E-state index in [1.54, 1.807) is 18.2 Å². The Balaban J connectivity index is 2.12. The molecule has 0 aromatic heterocycles. The summed E-state index contributed by atoms with van der Waals surface area (Å²) in [4.78, 5) is 12.3. The molecule has 0 bridgehead atoms. The molecule has 0 fully saturated rings. The van der Waals surface area contributed by atoms with E-state index in [4.69, 9.17) is 16.3 Å². The highest BCUT2D eigenvalue weighted by Gasteiger charge is 2.14. The van der Waals surface area contributed by atoms with Crippen LogP contribution >= 0.6 is 27.5 Å². The van der Waals surface area contributed by atoms with Crippen LogP contribution in [0.4, 0.5) is 0 Å². The number of hydrogen-bond donors (Lipinski definition) is 1. The maximum absolute atomic E-state index is 12.3. The van der Waals surface area contributed by atoms with E-state index in [2.05, 4.69) is 21.2 Å². The fraction of sp³-hybridized carbons (Fsp3) is 0.235. The zero-order valence-corrected chi connectivity index (χ0v) is 14.7. The van der Waals surface area contributed by atoms with Crippen LogP contribution in [0.2, 0.25) is 5.02 Å². The standard InChI is InChI=1S/C17H17BrClNO2/c1-3-22-14-6-4-5-12(9-14)11(2)20-17(21)15-8-7-13(18)10-16(15)19/h4-11H,3H2,1-2H3,(H,20,21). The van der Waals surface area contributed by atoms with Gasteiger partial charge in [0, 0.05) is 4.47 Å². The molecule has 1 N–H and O–H groups in total. The molecule has 1 amide bonds. The number of nitrogens with one attached hydrogen (secondary N) is 1. The Labute approximate surface area is 143 Å². The summed E-state index contributed by atoms with van der Waals surface area (Å²) >= 11 is 9.44. The van der Waals surface area contributed by atoms with Gasteiger partial charge in [-0.1, -0.05) is 39.7 Å². The summed E-state index contributed by atoms with van der Waals surface area (Å²) in [6.45, 7) is 4.47. The van der Waals surface area contributed by atoms with Crippen LogP contribution in [-0.2, 0) is 0 Å². The summed E-state index contributed by atoms with van der Waals surface area (Å²) in [5.41, 5.74) is 1.44. The fourth-order valence-electron chi connectivity index (χ4n) is 2.07. The van der Waals surface area contributed by atoms with Gasteiger partial charge in [0.2, 0.25) is 0 Å². The van der Waals surface area contributed by atoms with Gasteiger partial charge in [-0.05, 0) is 49.7 Å². The first kappa shape index (κ1) is 16.8. The van der Waals surface area contributed by atoms with Crippen molar-refractivity contribution in [2.24, 2.45) is 0 Å². The van der Waals surface area contributed by atoms with E-state index in [0.717, 1.165) is 15.8 Å². The molecule has 0 spiro atoms. The van der Waals surface area contributed by atoms with Gasteiger partial charge in [-0.2, -0.15) is 0 Å². The summed E-state index contributed by atoms with van der Waals surface area (Å²) in [6.07, 6.45) is 0. The Bertz CT molecular complexity index is 675. The lowest BCUT2D eigenvalue weighted by molar-refractivity contribution is 0.0940. The minimum Gasteiger partial charge on any atom is -0.494 e. The van der Waals surface area contributed by atoms with Crippen molar-refractivity contribution in [3.63, 3.8) is 0 Å². The molecule has 0 aliphatic heterocycles. The Hall–Kier alpha value is -1.52. The molecule has 2 aromatic rings. The topological polar surface area (TPSA) is 38.3 Å². The summed E-state index contributed by atoms with van der Waals surface area (Å²) in [6, 6.07) is 12.7. The molecule has 5 heteroatoms. The second kappa shape index (κ2) is 7.65. The first-order chi connectivity index (χ1) is 10.5. The Morgan fingerprint density at radius 2 is 2.09 bits per heavy atom. The summed E-state index contributed by atoms with van der Waals surface area (Å²) in [7, 11) is 0. The largest absolute Gasteiger partial charge is 0.494 e. The van der Waals surface area contributed by atoms with Gasteiger partial charge in [-0.3, -0.25) is 4.79 Å². The van der Waals surface area contributed by atoms with Crippen molar-refractivity contribution in [2.45, 2.75) is 19.9 Å². The Morgan fingerprint density at radius 1 is 1.32 bits per heavy atom. The van der Waals surface area contributed by atoms with Crippen LogP contribution in [0, 0.1) is 0 Å². The predicted molar refractivity (Wildman–Crippen MR) is 92.6 cm³/mol. The van der Waals surface area contributed by atoms with Crippen LogP contribution < -0.4 is 10.1 Å². The second-order valence-electron chi connectivity index (χ2n) is 4.82. The zero-order valence-electron chi connectivity index (χ0n) is 12.4. The quantitative estimate of drug-likeness (QED) is 0.791. The molecule has 0 radical (unpaired) electrons. The van der Waals surface area contributed by atoms with Crippen molar-refractivity contribution < 1.29 is 9.53 Å². The van der Waals surface area contributed by atoms with Crippen molar-refractivity contribution in [3.8, 4) is 5.75 Å². The smallest absolute Gasteiger partial charge is 0.253 e. The highest BCUT2D eigenvalue weighted by molar-refractivity contribution is 9.10. The third-order valence-corrected chi connectivity index (χ3v) is 4.00. The third kappa shape index (κ3) is 4.24. The molecule has 22 heavy (non-hydrogen) atoms. The molecular weight excluding hydrogens is 366 g/mol. The maximum atomic E-state index is 12.3. The van der Waals surface area contributed by atoms with Gasteiger partial charge in [-0.25, -0.2) is 0 Å². The first-order valence-corrected chi connectivity index (χ1v) is 8.17. The van der Waals surface area contributed by atoms with Gasteiger partial charge in [0.25, 0.3) is 5.91 Å². The average Bonchev–Trinajstić information content (AvgIpc) is 2.47. The molecule has 2 aromatic carbocycles. The van der Waals surface area contributed by atoms with Crippen LogP contribution in [0.1, 0.15) is 35.8 Å². The van der Waals surface area contributed by atoms with Gasteiger partial charge in [-0.15, -0.1) is 0 Å². The third-order valence-electron chi connectivity index (χ3n) is 3.19. The number of benzene rings is 2. The van der Waals surface area contributed by atoms with E-state index in [0.29, 0.717) is 17.2 Å². The van der Waals surface area contributed by atoms with Crippen molar-refractivity contribution in [1.82, 2.24) is 5.32 Å². The van der Waals surface area contributed by atoms with Crippen LogP contribution in [-0.4, -0.2) is 12.5 Å². The number of amides is 1. The van der Waals surface area contributed by atoms with E-state index >= 15 is 0 Å². The molecule has 1 atom stereocenters. The lowest BCUT2D eigenvalue weighted by Gasteiger charge is -2.16. The van der Waals surface area contributed by atoms with Gasteiger partial charge in [0.15, 0.2) is 0 Å². The molecule has 0 saturated carbocycles. The molecule has 116 valence electrons. The molecular formula is C17H17BrClNO2. The van der Waals surface area contributed by atoms with Gasteiger partial charge >= 0.3 is 0 Å². The van der Waals surface area contributed by atoms with Gasteiger partial charge in [0.05, 0.1) is 23.2 Å². The minimum absolute atomic E-state index is 0.146. The molecule has 0 heterocycles. The van der Waals surface area contributed by atoms with Crippen LogP contribution in [0.5, 0.6) is 5.75 Å². The highest BCUT2D eigenvalue weighted by Crippen LogP contribution is 2.23. The molecule has 1 unspecified atom stereocenters. The van der Waals surface area contributed by atoms with E-state index in [9.17, 15) is 4.79 Å². The zero-order chi connectivity index (χ0) is 16.1. The number of hydrogen-bond acceptors (Lipinski definition) is 2. The Kier molecular flexibility index (Phi) is 5.86. The minimum atomic E-state index is -0.202. The van der Waals surface area contributed by atoms with Crippen molar-refractivity contribution >= 4 is 33.4 Å². The fourth-order valence-corrected chi connectivity index (χ4v) is 2.83. The van der Waals surface area contributed by atoms with E-state index in [1.165, 1.54) is 0 Å². The maximum Gasteiger partial charge on any atom is 0.253 e. The molecule has 0 saturated heterocycles. The van der Waals surface area contributed by atoms with Crippen LogP contribution in [0.15, 0.2) is 46.9 Å². The second-order valence-corrected chi connectivity index (χ2v) is 6.15. The molecule has 0 aliphatic rings. The highest BCUT2D eigenvalue weighted by atomic mass is 79.9. The van der Waals surface area contributed by atoms with Crippen molar-refractivity contribution in [1.29, 1.82) is 0 Å². The van der Waals surface area contributed by atoms with E-state index in [1.807, 2.05) is 38.1 Å². The molecule has 2 rings (SSSR count). The van der Waals surface area contributed by atoms with Gasteiger partial charge < -0.3 is 10.1 Å². The number of carbonyl (C=O) groups excluding carboxylic acids is 1. The average molecular weight is 383 g/mol. The predicted octanol–water partition coefficient (Wildman–Crippen LogP) is 4.99. The van der Waals surface area contributed by atoms with Crippen molar-refractivity contribution in [2.75, 3.05) is 6.61 Å². The summed E-state index contributed by atoms with van der Waals surface area (Å²) < 4.78 is 6.32. The summed E-state index contributed by atoms with van der Waals surface area (Å²) in [5.74, 6) is 0.592.